The van der Waals surface area contributed by atoms with Crippen LogP contribution in [0.5, 0.6) is 0 Å². The van der Waals surface area contributed by atoms with Crippen molar-refractivity contribution in [3.05, 3.63) is 89.5 Å². The molecule has 0 unspecified atom stereocenters. The van der Waals surface area contributed by atoms with Crippen molar-refractivity contribution in [2.75, 3.05) is 18.0 Å². The molecule has 3 heterocycles. The van der Waals surface area contributed by atoms with Crippen LogP contribution in [0.4, 0.5) is 14.5 Å². The van der Waals surface area contributed by atoms with Crippen LogP contribution in [-0.2, 0) is 17.8 Å². The van der Waals surface area contributed by atoms with E-state index >= 15 is 0 Å². The molecule has 0 atom stereocenters. The Kier molecular flexibility index (Phi) is 5.57. The zero-order chi connectivity index (χ0) is 20.2. The molecular weight excluding hydrogens is 374 g/mol. The van der Waals surface area contributed by atoms with Crippen molar-refractivity contribution in [3.63, 3.8) is 0 Å². The molecule has 1 fully saturated rings. The van der Waals surface area contributed by atoms with Gasteiger partial charge in [-0.3, -0.25) is 14.8 Å². The summed E-state index contributed by atoms with van der Waals surface area (Å²) in [7, 11) is 0. The van der Waals surface area contributed by atoms with E-state index in [4.69, 9.17) is 0 Å². The predicted octanol–water partition coefficient (Wildman–Crippen LogP) is 3.22. The normalized spacial score (nSPS) is 13.7. The predicted molar refractivity (Wildman–Crippen MR) is 105 cm³/mol. The highest BCUT2D eigenvalue weighted by molar-refractivity contribution is 5.94. The average molecular weight is 394 g/mol. The molecule has 0 bridgehead atoms. The number of hydrogen-bond donors (Lipinski definition) is 1. The molecule has 4 rings (SSSR count). The summed E-state index contributed by atoms with van der Waals surface area (Å²) < 4.78 is 27.0. The van der Waals surface area contributed by atoms with Gasteiger partial charge in [0.1, 0.15) is 11.6 Å². The lowest BCUT2D eigenvalue weighted by Gasteiger charge is -2.28. The second-order valence-corrected chi connectivity index (χ2v) is 7.13. The van der Waals surface area contributed by atoms with Gasteiger partial charge in [-0.25, -0.2) is 8.78 Å². The minimum Gasteiger partial charge on any atom is -0.315 e. The van der Waals surface area contributed by atoms with Crippen molar-refractivity contribution in [1.82, 2.24) is 15.3 Å². The number of aromatic nitrogens is 2. The minimum absolute atomic E-state index is 0.0121. The second-order valence-electron chi connectivity index (χ2n) is 7.13. The van der Waals surface area contributed by atoms with E-state index < -0.39 is 11.6 Å². The van der Waals surface area contributed by atoms with E-state index in [2.05, 4.69) is 15.3 Å². The number of carbonyl (C=O) groups excluding carboxylic acids is 1. The largest absolute Gasteiger partial charge is 0.315 e. The molecule has 0 spiro atoms. The molecule has 1 aromatic carbocycles. The Morgan fingerprint density at radius 3 is 2.17 bits per heavy atom. The number of nitrogens with one attached hydrogen (secondary N) is 1. The lowest BCUT2D eigenvalue weighted by Crippen LogP contribution is -2.39. The molecule has 0 saturated carbocycles. The van der Waals surface area contributed by atoms with Crippen LogP contribution in [0.25, 0.3) is 0 Å². The van der Waals surface area contributed by atoms with Crippen molar-refractivity contribution >= 4 is 11.6 Å². The fourth-order valence-electron chi connectivity index (χ4n) is 3.32. The lowest BCUT2D eigenvalue weighted by molar-refractivity contribution is -0.118. The zero-order valence-corrected chi connectivity index (χ0v) is 15.7. The number of pyridine rings is 2. The SMILES string of the molecule is O=C(Cc1cncc(F)c1)N(Cc1cncc(F)c1)c1ccc(C2CNC2)cc1. The molecule has 1 amide bonds. The molecule has 2 aromatic heterocycles. The highest BCUT2D eigenvalue weighted by Gasteiger charge is 2.21. The van der Waals surface area contributed by atoms with Gasteiger partial charge in [0.05, 0.1) is 25.4 Å². The van der Waals surface area contributed by atoms with Gasteiger partial charge in [-0.1, -0.05) is 12.1 Å². The summed E-state index contributed by atoms with van der Waals surface area (Å²) in [6.45, 7) is 2.06. The van der Waals surface area contributed by atoms with E-state index in [9.17, 15) is 13.6 Å². The van der Waals surface area contributed by atoms with Crippen LogP contribution >= 0.6 is 0 Å². The number of hydrogen-bond acceptors (Lipinski definition) is 4. The van der Waals surface area contributed by atoms with E-state index in [1.54, 1.807) is 4.90 Å². The maximum absolute atomic E-state index is 13.6. The maximum atomic E-state index is 13.6. The molecule has 0 radical (unpaired) electrons. The third kappa shape index (κ3) is 4.63. The summed E-state index contributed by atoms with van der Waals surface area (Å²) in [6.07, 6.45) is 5.20. The number of anilines is 1. The first-order chi connectivity index (χ1) is 14.1. The molecule has 29 heavy (non-hydrogen) atoms. The van der Waals surface area contributed by atoms with Crippen molar-refractivity contribution in [2.24, 2.45) is 0 Å². The second kappa shape index (κ2) is 8.45. The van der Waals surface area contributed by atoms with Crippen LogP contribution in [0.1, 0.15) is 22.6 Å². The number of nitrogens with zero attached hydrogens (tertiary/aromatic N) is 3. The first kappa shape index (κ1) is 19.1. The summed E-state index contributed by atoms with van der Waals surface area (Å²) in [4.78, 5) is 22.3. The highest BCUT2D eigenvalue weighted by Crippen LogP contribution is 2.25. The zero-order valence-electron chi connectivity index (χ0n) is 15.7. The molecule has 5 nitrogen and oxygen atoms in total. The molecule has 1 aliphatic heterocycles. The van der Waals surface area contributed by atoms with Gasteiger partial charge in [0.15, 0.2) is 0 Å². The van der Waals surface area contributed by atoms with Gasteiger partial charge in [-0.2, -0.15) is 0 Å². The number of benzene rings is 1. The summed E-state index contributed by atoms with van der Waals surface area (Å²) in [5.41, 5.74) is 2.96. The quantitative estimate of drug-likeness (QED) is 0.698. The smallest absolute Gasteiger partial charge is 0.231 e. The fraction of sp³-hybridized carbons (Fsp3) is 0.227. The van der Waals surface area contributed by atoms with E-state index in [1.807, 2.05) is 24.3 Å². The fourth-order valence-corrected chi connectivity index (χ4v) is 3.32. The van der Waals surface area contributed by atoms with Crippen molar-refractivity contribution < 1.29 is 13.6 Å². The van der Waals surface area contributed by atoms with E-state index in [0.717, 1.165) is 25.5 Å². The number of halogens is 2. The van der Waals surface area contributed by atoms with Gasteiger partial charge >= 0.3 is 0 Å². The standard InChI is InChI=1S/C22H20F2N4O/c23-19-5-15(8-25-12-19)7-22(29)28(14-16-6-20(24)13-26-9-16)21-3-1-17(2-4-21)18-10-27-11-18/h1-6,8-9,12-13,18,27H,7,10-11,14H2. The summed E-state index contributed by atoms with van der Waals surface area (Å²) in [6, 6.07) is 10.4. The first-order valence-corrected chi connectivity index (χ1v) is 9.38. The van der Waals surface area contributed by atoms with Crippen LogP contribution in [0.2, 0.25) is 0 Å². The van der Waals surface area contributed by atoms with Crippen molar-refractivity contribution in [2.45, 2.75) is 18.9 Å². The topological polar surface area (TPSA) is 58.1 Å². The summed E-state index contributed by atoms with van der Waals surface area (Å²) in [5, 5.41) is 3.24. The van der Waals surface area contributed by atoms with Gasteiger partial charge in [-0.05, 0) is 41.0 Å². The number of carbonyl (C=O) groups is 1. The van der Waals surface area contributed by atoms with Crippen LogP contribution in [-0.4, -0.2) is 29.0 Å². The number of rotatable bonds is 6. The van der Waals surface area contributed by atoms with Gasteiger partial charge in [0.2, 0.25) is 5.91 Å². The van der Waals surface area contributed by atoms with Crippen LogP contribution in [0.3, 0.4) is 0 Å². The Bertz CT molecular complexity index is 1010. The molecule has 0 aliphatic carbocycles. The van der Waals surface area contributed by atoms with E-state index in [1.165, 1.54) is 30.1 Å². The third-order valence-corrected chi connectivity index (χ3v) is 4.98. The first-order valence-electron chi connectivity index (χ1n) is 9.38. The number of amides is 1. The molecule has 3 aromatic rings. The van der Waals surface area contributed by atoms with Crippen LogP contribution < -0.4 is 10.2 Å². The molecule has 7 heteroatoms. The molecular formula is C22H20F2N4O. The Morgan fingerprint density at radius 1 is 0.966 bits per heavy atom. The molecule has 1 saturated heterocycles. The summed E-state index contributed by atoms with van der Waals surface area (Å²) in [5.74, 6) is -0.703. The van der Waals surface area contributed by atoms with E-state index in [-0.39, 0.29) is 18.9 Å². The maximum Gasteiger partial charge on any atom is 0.231 e. The average Bonchev–Trinajstić information content (AvgIpc) is 2.65. The van der Waals surface area contributed by atoms with Crippen molar-refractivity contribution in [1.29, 1.82) is 0 Å². The van der Waals surface area contributed by atoms with E-state index in [0.29, 0.717) is 22.7 Å². The Hall–Kier alpha value is -3.19. The Balaban J connectivity index is 1.59. The molecule has 1 N–H and O–H groups in total. The third-order valence-electron chi connectivity index (χ3n) is 4.98. The van der Waals surface area contributed by atoms with Crippen LogP contribution in [0, 0.1) is 11.6 Å². The molecule has 148 valence electrons. The minimum atomic E-state index is -0.491. The van der Waals surface area contributed by atoms with Crippen LogP contribution in [0.15, 0.2) is 61.2 Å². The molecule has 1 aliphatic rings. The Morgan fingerprint density at radius 2 is 1.59 bits per heavy atom. The lowest BCUT2D eigenvalue weighted by atomic mass is 9.93. The van der Waals surface area contributed by atoms with Gasteiger partial charge < -0.3 is 10.2 Å². The van der Waals surface area contributed by atoms with Gasteiger partial charge in [0.25, 0.3) is 0 Å². The highest BCUT2D eigenvalue weighted by atomic mass is 19.1. The van der Waals surface area contributed by atoms with Crippen molar-refractivity contribution in [3.8, 4) is 0 Å². The van der Waals surface area contributed by atoms with Gasteiger partial charge in [0, 0.05) is 37.1 Å². The monoisotopic (exact) mass is 394 g/mol. The Labute approximate surface area is 167 Å². The summed E-state index contributed by atoms with van der Waals surface area (Å²) >= 11 is 0. The van der Waals surface area contributed by atoms with Gasteiger partial charge in [-0.15, -0.1) is 0 Å².